The van der Waals surface area contributed by atoms with E-state index in [1.165, 1.54) is 78.0 Å². The lowest BCUT2D eigenvalue weighted by atomic mass is 9.95. The number of hydrogen-bond donors (Lipinski definition) is 0. The van der Waals surface area contributed by atoms with Gasteiger partial charge >= 0.3 is 0 Å². The van der Waals surface area contributed by atoms with Crippen LogP contribution in [0, 0.1) is 48.5 Å². The predicted molar refractivity (Wildman–Crippen MR) is 196 cm³/mol. The minimum Gasteiger partial charge on any atom is -0.364 e. The van der Waals surface area contributed by atoms with Gasteiger partial charge in [-0.1, -0.05) is 60.2 Å². The van der Waals surface area contributed by atoms with Gasteiger partial charge in [0.25, 0.3) is 0 Å². The van der Waals surface area contributed by atoms with Crippen molar-refractivity contribution in [2.24, 2.45) is 0 Å². The molecule has 1 saturated heterocycles. The molecule has 1 aliphatic heterocycles. The Hall–Kier alpha value is -4.21. The van der Waals surface area contributed by atoms with Crippen LogP contribution in [0.15, 0.2) is 91.3 Å². The molecule has 0 unspecified atom stereocenters. The Kier molecular flexibility index (Phi) is 9.42. The molecule has 1 fully saturated rings. The second-order valence-corrected chi connectivity index (χ2v) is 13.7. The van der Waals surface area contributed by atoms with Gasteiger partial charge in [-0.3, -0.25) is 9.88 Å². The fraction of sp³-hybridized carbons (Fsp3) is 0.326. The monoisotopic (exact) mass is 607 g/mol. The number of aryl methyl sites for hydroxylation is 5. The number of rotatable bonds is 8. The van der Waals surface area contributed by atoms with Gasteiger partial charge in [-0.05, 0) is 147 Å². The van der Waals surface area contributed by atoms with Gasteiger partial charge < -0.3 is 4.90 Å². The zero-order valence-corrected chi connectivity index (χ0v) is 28.8. The Morgan fingerprint density at radius 1 is 0.609 bits per heavy atom. The molecular formula is C43H49N3. The Labute approximate surface area is 277 Å². The van der Waals surface area contributed by atoms with Gasteiger partial charge in [0, 0.05) is 55.9 Å². The van der Waals surface area contributed by atoms with E-state index in [9.17, 15) is 0 Å². The van der Waals surface area contributed by atoms with Crippen molar-refractivity contribution < 1.29 is 0 Å². The highest BCUT2D eigenvalue weighted by atomic mass is 15.2. The first-order valence-corrected chi connectivity index (χ1v) is 16.9. The van der Waals surface area contributed by atoms with Gasteiger partial charge in [0.2, 0.25) is 0 Å². The fourth-order valence-corrected chi connectivity index (χ4v) is 7.00. The molecule has 0 atom stereocenters. The summed E-state index contributed by atoms with van der Waals surface area (Å²) in [6, 6.07) is 30.4. The molecule has 0 saturated carbocycles. The van der Waals surface area contributed by atoms with Gasteiger partial charge in [0.1, 0.15) is 0 Å². The van der Waals surface area contributed by atoms with Crippen LogP contribution in [-0.4, -0.2) is 29.0 Å². The molecule has 2 heterocycles. The first-order chi connectivity index (χ1) is 22.1. The molecule has 1 aliphatic rings. The second-order valence-electron chi connectivity index (χ2n) is 13.7. The third kappa shape index (κ3) is 7.11. The van der Waals surface area contributed by atoms with Crippen LogP contribution in [0.25, 0.3) is 22.3 Å². The molecule has 3 heteroatoms. The van der Waals surface area contributed by atoms with E-state index in [0.717, 1.165) is 39.0 Å². The lowest BCUT2D eigenvalue weighted by Gasteiger charge is -2.40. The van der Waals surface area contributed by atoms with E-state index in [1.54, 1.807) is 0 Å². The summed E-state index contributed by atoms with van der Waals surface area (Å²) in [5.41, 5.74) is 18.5. The summed E-state index contributed by atoms with van der Waals surface area (Å²) >= 11 is 0. The van der Waals surface area contributed by atoms with Crippen LogP contribution in [0.4, 0.5) is 5.69 Å². The van der Waals surface area contributed by atoms with E-state index in [2.05, 4.69) is 142 Å². The maximum Gasteiger partial charge on any atom is 0.0432 e. The van der Waals surface area contributed by atoms with Crippen LogP contribution >= 0.6 is 0 Å². The molecule has 0 amide bonds. The van der Waals surface area contributed by atoms with Crippen LogP contribution in [0.3, 0.4) is 0 Å². The number of piperidine rings is 1. The number of hydrogen-bond acceptors (Lipinski definition) is 3. The van der Waals surface area contributed by atoms with Crippen LogP contribution in [0.2, 0.25) is 0 Å². The van der Waals surface area contributed by atoms with Gasteiger partial charge in [-0.25, -0.2) is 0 Å². The van der Waals surface area contributed by atoms with E-state index in [-0.39, 0.29) is 0 Å². The summed E-state index contributed by atoms with van der Waals surface area (Å²) < 4.78 is 0. The van der Waals surface area contributed by atoms with E-state index >= 15 is 0 Å². The standard InChI is InChI=1S/C43H49N3/c1-29-11-13-42(14-12-29)46(28-36-9-8-10-38(23-36)39-19-30(2)34(6)31(3)20-39)43-15-17-45(18-16-43)27-37-24-41(26-44-25-37)40-21-32(4)35(7)33(5)22-40/h8-14,19-26,43H,15-18,27-28H2,1-7H3. The highest BCUT2D eigenvalue weighted by Crippen LogP contribution is 2.31. The Balaban J connectivity index is 1.17. The Morgan fingerprint density at radius 3 is 1.78 bits per heavy atom. The fourth-order valence-electron chi connectivity index (χ4n) is 7.00. The first-order valence-electron chi connectivity index (χ1n) is 16.9. The third-order valence-electron chi connectivity index (χ3n) is 10.4. The van der Waals surface area contributed by atoms with Gasteiger partial charge in [-0.15, -0.1) is 0 Å². The number of anilines is 1. The number of likely N-dealkylation sites (tertiary alicyclic amines) is 1. The SMILES string of the molecule is Cc1ccc(N(Cc2cccc(-c3cc(C)c(C)c(C)c3)c2)C2CCN(Cc3cncc(-c4cc(C)c(C)c(C)c4)c3)CC2)cc1. The maximum absolute atomic E-state index is 4.65. The minimum absolute atomic E-state index is 0.495. The maximum atomic E-state index is 4.65. The van der Waals surface area contributed by atoms with Crippen LogP contribution in [0.1, 0.15) is 62.9 Å². The molecule has 0 aliphatic carbocycles. The molecule has 4 aromatic carbocycles. The molecule has 0 spiro atoms. The van der Waals surface area contributed by atoms with Crippen molar-refractivity contribution in [2.45, 2.75) is 80.4 Å². The predicted octanol–water partition coefficient (Wildman–Crippen LogP) is 10.2. The van der Waals surface area contributed by atoms with E-state index in [0.29, 0.717) is 6.04 Å². The van der Waals surface area contributed by atoms with Crippen molar-refractivity contribution in [3.63, 3.8) is 0 Å². The van der Waals surface area contributed by atoms with Gasteiger partial charge in [-0.2, -0.15) is 0 Å². The molecule has 0 radical (unpaired) electrons. The van der Waals surface area contributed by atoms with Crippen molar-refractivity contribution >= 4 is 5.69 Å². The summed E-state index contributed by atoms with van der Waals surface area (Å²) in [6.07, 6.45) is 6.35. The average Bonchev–Trinajstić information content (AvgIpc) is 3.06. The molecule has 236 valence electrons. The minimum atomic E-state index is 0.495. The highest BCUT2D eigenvalue weighted by molar-refractivity contribution is 5.68. The van der Waals surface area contributed by atoms with Crippen molar-refractivity contribution in [1.29, 1.82) is 0 Å². The topological polar surface area (TPSA) is 19.4 Å². The lowest BCUT2D eigenvalue weighted by molar-refractivity contribution is 0.200. The van der Waals surface area contributed by atoms with Crippen LogP contribution < -0.4 is 4.90 Å². The Morgan fingerprint density at radius 2 is 1.17 bits per heavy atom. The van der Waals surface area contributed by atoms with Gasteiger partial charge in [0.05, 0.1) is 0 Å². The molecule has 6 rings (SSSR count). The summed E-state index contributed by atoms with van der Waals surface area (Å²) in [4.78, 5) is 9.92. The second kappa shape index (κ2) is 13.6. The number of nitrogens with zero attached hydrogens (tertiary/aromatic N) is 3. The van der Waals surface area contributed by atoms with E-state index in [1.807, 2.05) is 12.4 Å². The molecular weight excluding hydrogens is 558 g/mol. The third-order valence-corrected chi connectivity index (χ3v) is 10.4. The van der Waals surface area contributed by atoms with Crippen molar-refractivity contribution in [3.8, 4) is 22.3 Å². The molecule has 0 bridgehead atoms. The van der Waals surface area contributed by atoms with Gasteiger partial charge in [0.15, 0.2) is 0 Å². The van der Waals surface area contributed by atoms with Crippen molar-refractivity contribution in [3.05, 3.63) is 141 Å². The quantitative estimate of drug-likeness (QED) is 0.175. The zero-order valence-electron chi connectivity index (χ0n) is 28.8. The van der Waals surface area contributed by atoms with Crippen LogP contribution in [0.5, 0.6) is 0 Å². The van der Waals surface area contributed by atoms with Crippen LogP contribution in [-0.2, 0) is 13.1 Å². The molecule has 0 N–H and O–H groups in total. The summed E-state index contributed by atoms with van der Waals surface area (Å²) in [6.45, 7) is 19.5. The number of pyridine rings is 1. The summed E-state index contributed by atoms with van der Waals surface area (Å²) in [5.74, 6) is 0. The first kappa shape index (κ1) is 31.8. The molecule has 5 aromatic rings. The van der Waals surface area contributed by atoms with Crippen molar-refractivity contribution in [2.75, 3.05) is 18.0 Å². The zero-order chi connectivity index (χ0) is 32.4. The van der Waals surface area contributed by atoms with Crippen molar-refractivity contribution in [1.82, 2.24) is 9.88 Å². The van der Waals surface area contributed by atoms with E-state index < -0.39 is 0 Å². The lowest BCUT2D eigenvalue weighted by Crippen LogP contribution is -2.44. The largest absolute Gasteiger partial charge is 0.364 e. The average molecular weight is 608 g/mol. The van der Waals surface area contributed by atoms with E-state index in [4.69, 9.17) is 0 Å². The molecule has 3 nitrogen and oxygen atoms in total. The number of aromatic nitrogens is 1. The Bertz CT molecular complexity index is 1780. The molecule has 46 heavy (non-hydrogen) atoms. The summed E-state index contributed by atoms with van der Waals surface area (Å²) in [5, 5.41) is 0. The normalized spacial score (nSPS) is 14.1. The molecule has 1 aromatic heterocycles. The smallest absolute Gasteiger partial charge is 0.0432 e. The number of benzene rings is 4. The highest BCUT2D eigenvalue weighted by Gasteiger charge is 2.25. The summed E-state index contributed by atoms with van der Waals surface area (Å²) in [7, 11) is 0.